The van der Waals surface area contributed by atoms with Crippen molar-refractivity contribution < 1.29 is 9.15 Å². The van der Waals surface area contributed by atoms with Gasteiger partial charge in [0.1, 0.15) is 22.5 Å². The van der Waals surface area contributed by atoms with Crippen molar-refractivity contribution in [2.75, 3.05) is 0 Å². The molecule has 1 aliphatic carbocycles. The van der Waals surface area contributed by atoms with Gasteiger partial charge in [-0.2, -0.15) is 0 Å². The molecule has 49 heavy (non-hydrogen) atoms. The maximum atomic E-state index is 6.87. The van der Waals surface area contributed by atoms with Crippen LogP contribution in [0.5, 0.6) is 5.75 Å². The molecule has 2 nitrogen and oxygen atoms in total. The highest BCUT2D eigenvalue weighted by molar-refractivity contribution is 7.27. The first-order valence-electron chi connectivity index (χ1n) is 16.8. The Kier molecular flexibility index (Phi) is 4.97. The Morgan fingerprint density at radius 1 is 0.592 bits per heavy atom. The van der Waals surface area contributed by atoms with Crippen molar-refractivity contribution in [3.05, 3.63) is 145 Å². The van der Waals surface area contributed by atoms with Gasteiger partial charge in [0, 0.05) is 74.1 Å². The highest BCUT2D eigenvalue weighted by atomic mass is 32.1. The van der Waals surface area contributed by atoms with E-state index in [0.29, 0.717) is 0 Å². The number of hydrogen-bond acceptors (Lipinski definition) is 4. The van der Waals surface area contributed by atoms with Crippen molar-refractivity contribution >= 4 is 90.5 Å². The van der Waals surface area contributed by atoms with Crippen molar-refractivity contribution in [3.63, 3.8) is 0 Å². The fraction of sp³-hybridized carbons (Fsp3) is 0.0667. The third-order valence-corrected chi connectivity index (χ3v) is 13.3. The molecule has 3 aliphatic heterocycles. The van der Waals surface area contributed by atoms with Gasteiger partial charge >= 0.3 is 0 Å². The van der Waals surface area contributed by atoms with Gasteiger partial charge in [-0.05, 0) is 65.2 Å². The molecule has 4 aliphatic rings. The number of allylic oxidation sites excluding steroid dienone is 2. The Hall–Kier alpha value is -5.42. The van der Waals surface area contributed by atoms with Crippen molar-refractivity contribution in [3.8, 4) is 28.0 Å². The summed E-state index contributed by atoms with van der Waals surface area (Å²) in [5.41, 5.74) is 10.3. The first kappa shape index (κ1) is 26.5. The molecule has 1 aromatic heterocycles. The summed E-state index contributed by atoms with van der Waals surface area (Å²) in [6, 6.07) is 42.0. The molecule has 0 amide bonds. The van der Waals surface area contributed by atoms with Crippen LogP contribution in [0.4, 0.5) is 0 Å². The first-order valence-corrected chi connectivity index (χ1v) is 18.4. The minimum atomic E-state index is -0.484. The fourth-order valence-corrected chi connectivity index (χ4v) is 11.4. The van der Waals surface area contributed by atoms with E-state index in [1.54, 1.807) is 0 Å². The van der Waals surface area contributed by atoms with E-state index >= 15 is 0 Å². The maximum Gasteiger partial charge on any atom is 0.143 e. The summed E-state index contributed by atoms with van der Waals surface area (Å²) >= 11 is 3.81. The Morgan fingerprint density at radius 3 is 2.06 bits per heavy atom. The Bertz CT molecular complexity index is 3060. The van der Waals surface area contributed by atoms with E-state index in [4.69, 9.17) is 9.15 Å². The van der Waals surface area contributed by atoms with Gasteiger partial charge < -0.3 is 9.15 Å². The zero-order chi connectivity index (χ0) is 32.0. The SMILES string of the molecule is CC12Oc3ccccc3C1C=CC=C2c1cc2sc3cccc4c(-c5cccc6c5oc5ccccc56)cc5sc6cccc1c6c2-c5c34. The Balaban J connectivity index is 1.16. The van der Waals surface area contributed by atoms with E-state index in [2.05, 4.69) is 134 Å². The van der Waals surface area contributed by atoms with Crippen LogP contribution in [-0.4, -0.2) is 5.60 Å². The van der Waals surface area contributed by atoms with Crippen LogP contribution < -0.4 is 4.74 Å². The topological polar surface area (TPSA) is 22.4 Å². The molecule has 0 radical (unpaired) electrons. The van der Waals surface area contributed by atoms with Gasteiger partial charge in [0.2, 0.25) is 0 Å². The second-order valence-electron chi connectivity index (χ2n) is 13.6. The van der Waals surface area contributed by atoms with Crippen molar-refractivity contribution in [2.45, 2.75) is 18.4 Å². The number of fused-ring (bicyclic) bond motifs is 6. The van der Waals surface area contributed by atoms with Crippen LogP contribution in [0.15, 0.2) is 138 Å². The largest absolute Gasteiger partial charge is 0.482 e. The molecule has 0 N–H and O–H groups in total. The number of ether oxygens (including phenoxy) is 1. The molecule has 0 spiro atoms. The van der Waals surface area contributed by atoms with Crippen LogP contribution in [0.25, 0.3) is 90.1 Å². The lowest BCUT2D eigenvalue weighted by molar-refractivity contribution is 0.166. The van der Waals surface area contributed by atoms with Crippen LogP contribution in [0.3, 0.4) is 0 Å². The second kappa shape index (κ2) is 9.17. The molecule has 2 unspecified atom stereocenters. The average Bonchev–Trinajstić information content (AvgIpc) is 3.67. The molecule has 4 heteroatoms. The number of furan rings is 1. The van der Waals surface area contributed by atoms with E-state index in [-0.39, 0.29) is 5.92 Å². The zero-order valence-electron chi connectivity index (χ0n) is 26.4. The molecule has 4 heterocycles. The van der Waals surface area contributed by atoms with Crippen molar-refractivity contribution in [2.24, 2.45) is 0 Å². The summed E-state index contributed by atoms with van der Waals surface area (Å²) < 4.78 is 18.7. The van der Waals surface area contributed by atoms with Gasteiger partial charge in [-0.1, -0.05) is 97.1 Å². The van der Waals surface area contributed by atoms with E-state index in [0.717, 1.165) is 33.3 Å². The van der Waals surface area contributed by atoms with Gasteiger partial charge in [-0.15, -0.1) is 22.7 Å². The Labute approximate surface area is 289 Å². The third kappa shape index (κ3) is 3.31. The van der Waals surface area contributed by atoms with Gasteiger partial charge in [-0.3, -0.25) is 0 Å². The molecule has 0 saturated heterocycles. The van der Waals surface area contributed by atoms with Gasteiger partial charge in [0.25, 0.3) is 0 Å². The van der Waals surface area contributed by atoms with Crippen LogP contribution in [-0.2, 0) is 0 Å². The summed E-state index contributed by atoms with van der Waals surface area (Å²) in [5.74, 6) is 1.16. The lowest BCUT2D eigenvalue weighted by Gasteiger charge is -2.35. The molecule has 0 saturated carbocycles. The summed E-state index contributed by atoms with van der Waals surface area (Å²) in [6.07, 6.45) is 6.82. The highest BCUT2D eigenvalue weighted by Crippen LogP contribution is 2.58. The molecule has 0 fully saturated rings. The van der Waals surface area contributed by atoms with Crippen LogP contribution >= 0.6 is 22.7 Å². The smallest absolute Gasteiger partial charge is 0.143 e. The molecular formula is C45H26O2S2. The summed E-state index contributed by atoms with van der Waals surface area (Å²) in [4.78, 5) is 0. The van der Waals surface area contributed by atoms with Crippen LogP contribution in [0, 0.1) is 0 Å². The van der Waals surface area contributed by atoms with Gasteiger partial charge in [0.05, 0.1) is 0 Å². The zero-order valence-corrected chi connectivity index (χ0v) is 28.0. The molecule has 12 rings (SSSR count). The molecule has 8 aromatic rings. The maximum absolute atomic E-state index is 6.87. The summed E-state index contributed by atoms with van der Waals surface area (Å²) in [6.45, 7) is 2.27. The number of rotatable bonds is 2. The molecular weight excluding hydrogens is 637 g/mol. The predicted molar refractivity (Wildman–Crippen MR) is 208 cm³/mol. The molecule has 2 atom stereocenters. The van der Waals surface area contributed by atoms with E-state index in [9.17, 15) is 0 Å². The molecule has 0 bridgehead atoms. The van der Waals surface area contributed by atoms with E-state index in [1.807, 2.05) is 28.7 Å². The normalized spacial score (nSPS) is 18.8. The van der Waals surface area contributed by atoms with Crippen LogP contribution in [0.1, 0.15) is 24.0 Å². The highest BCUT2D eigenvalue weighted by Gasteiger charge is 2.48. The first-order chi connectivity index (χ1) is 24.2. The average molecular weight is 663 g/mol. The van der Waals surface area contributed by atoms with Crippen LogP contribution in [0.2, 0.25) is 0 Å². The lowest BCUT2D eigenvalue weighted by atomic mass is 9.73. The number of para-hydroxylation sites is 3. The van der Waals surface area contributed by atoms with Crippen molar-refractivity contribution in [1.29, 1.82) is 0 Å². The van der Waals surface area contributed by atoms with Gasteiger partial charge in [0.15, 0.2) is 0 Å². The quantitative estimate of drug-likeness (QED) is 0.136. The minimum absolute atomic E-state index is 0.170. The fourth-order valence-electron chi connectivity index (χ4n) is 9.02. The molecule has 7 aromatic carbocycles. The lowest BCUT2D eigenvalue weighted by Crippen LogP contribution is -2.36. The number of benzene rings is 7. The van der Waals surface area contributed by atoms with Crippen molar-refractivity contribution in [1.82, 2.24) is 0 Å². The monoisotopic (exact) mass is 662 g/mol. The minimum Gasteiger partial charge on any atom is -0.482 e. The molecule has 230 valence electrons. The predicted octanol–water partition coefficient (Wildman–Crippen LogP) is 13.4. The van der Waals surface area contributed by atoms with Gasteiger partial charge in [-0.25, -0.2) is 0 Å². The summed E-state index contributed by atoms with van der Waals surface area (Å²) in [7, 11) is 0. The Morgan fingerprint density at radius 2 is 1.24 bits per heavy atom. The third-order valence-electron chi connectivity index (χ3n) is 11.1. The number of hydrogen-bond donors (Lipinski definition) is 0. The van der Waals surface area contributed by atoms with E-state index in [1.165, 1.54) is 73.7 Å². The van der Waals surface area contributed by atoms with E-state index < -0.39 is 5.60 Å². The second-order valence-corrected chi connectivity index (χ2v) is 15.8. The summed E-state index contributed by atoms with van der Waals surface area (Å²) in [5, 5.41) is 7.58. The standard InChI is InChI=1S/C45H26O2S2/c1-45-32(29-11-3-5-19-35(29)47-45)16-9-17-33(45)31-23-39-43-41-26(31)13-8-21-37(41)48-38-22-30(25-12-7-20-36(49-39)40(25)42(38)43)28-15-6-14-27-24-10-2-4-18-34(24)46-44(27)28/h2-23,32H,1H3.